The predicted octanol–water partition coefficient (Wildman–Crippen LogP) is 3.98. The van der Waals surface area contributed by atoms with Crippen molar-refractivity contribution in [2.75, 3.05) is 0 Å². The van der Waals surface area contributed by atoms with Crippen molar-refractivity contribution >= 4 is 0 Å². The van der Waals surface area contributed by atoms with Gasteiger partial charge in [-0.25, -0.2) is 0 Å². The summed E-state index contributed by atoms with van der Waals surface area (Å²) < 4.78 is 0. The van der Waals surface area contributed by atoms with Crippen molar-refractivity contribution in [1.29, 1.82) is 0 Å². The summed E-state index contributed by atoms with van der Waals surface area (Å²) in [6.45, 7) is 6.99. The molecule has 4 unspecified atom stereocenters. The topological polar surface area (TPSA) is 12.0 Å². The van der Waals surface area contributed by atoms with E-state index in [4.69, 9.17) is 0 Å². The Morgan fingerprint density at radius 1 is 0.875 bits per heavy atom. The van der Waals surface area contributed by atoms with Crippen LogP contribution in [0.25, 0.3) is 0 Å². The SMILES string of the molecule is CC(C)C(C)NC1CCC2CCCCC2C1. The van der Waals surface area contributed by atoms with Gasteiger partial charge < -0.3 is 5.32 Å². The fourth-order valence-corrected chi connectivity index (χ4v) is 3.59. The standard InChI is InChI=1S/C15H29N/c1-11(2)12(3)16-15-9-8-13-6-4-5-7-14(13)10-15/h11-16H,4-10H2,1-3H3. The lowest BCUT2D eigenvalue weighted by molar-refractivity contribution is 0.136. The molecular formula is C15H29N. The highest BCUT2D eigenvalue weighted by Crippen LogP contribution is 2.40. The molecule has 0 aromatic carbocycles. The number of nitrogens with one attached hydrogen (secondary N) is 1. The van der Waals surface area contributed by atoms with Crippen LogP contribution in [0, 0.1) is 17.8 Å². The van der Waals surface area contributed by atoms with Crippen LogP contribution in [-0.4, -0.2) is 12.1 Å². The average Bonchev–Trinajstić information content (AvgIpc) is 2.28. The van der Waals surface area contributed by atoms with E-state index in [1.54, 1.807) is 0 Å². The lowest BCUT2D eigenvalue weighted by Gasteiger charge is -2.40. The molecule has 94 valence electrons. The molecule has 1 N–H and O–H groups in total. The summed E-state index contributed by atoms with van der Waals surface area (Å²) >= 11 is 0. The van der Waals surface area contributed by atoms with Gasteiger partial charge >= 0.3 is 0 Å². The molecule has 0 amide bonds. The Kier molecular flexibility index (Phi) is 4.29. The van der Waals surface area contributed by atoms with Crippen LogP contribution in [0.5, 0.6) is 0 Å². The molecule has 2 rings (SSSR count). The highest BCUT2D eigenvalue weighted by Gasteiger charge is 2.32. The zero-order chi connectivity index (χ0) is 11.5. The highest BCUT2D eigenvalue weighted by atomic mass is 15.0. The fraction of sp³-hybridized carbons (Fsp3) is 1.00. The first-order valence-electron chi connectivity index (χ1n) is 7.43. The van der Waals surface area contributed by atoms with Crippen molar-refractivity contribution in [2.24, 2.45) is 17.8 Å². The summed E-state index contributed by atoms with van der Waals surface area (Å²) in [5.41, 5.74) is 0. The Labute approximate surface area is 101 Å². The highest BCUT2D eigenvalue weighted by molar-refractivity contribution is 4.87. The number of fused-ring (bicyclic) bond motifs is 1. The molecule has 0 heterocycles. The van der Waals surface area contributed by atoms with Crippen LogP contribution in [0.2, 0.25) is 0 Å². The molecule has 2 fully saturated rings. The second-order valence-electron chi connectivity index (χ2n) is 6.51. The van der Waals surface area contributed by atoms with Crippen LogP contribution in [0.3, 0.4) is 0 Å². The van der Waals surface area contributed by atoms with E-state index in [1.807, 2.05) is 0 Å². The van der Waals surface area contributed by atoms with Crippen LogP contribution in [-0.2, 0) is 0 Å². The first-order valence-corrected chi connectivity index (χ1v) is 7.43. The van der Waals surface area contributed by atoms with Crippen molar-refractivity contribution in [3.05, 3.63) is 0 Å². The number of hydrogen-bond acceptors (Lipinski definition) is 1. The molecular weight excluding hydrogens is 194 g/mol. The van der Waals surface area contributed by atoms with Crippen LogP contribution < -0.4 is 5.32 Å². The Bertz CT molecular complexity index is 211. The van der Waals surface area contributed by atoms with Crippen LogP contribution in [0.15, 0.2) is 0 Å². The van der Waals surface area contributed by atoms with Crippen molar-refractivity contribution in [2.45, 2.75) is 77.8 Å². The van der Waals surface area contributed by atoms with Gasteiger partial charge in [-0.05, 0) is 43.9 Å². The number of hydrogen-bond donors (Lipinski definition) is 1. The second-order valence-corrected chi connectivity index (χ2v) is 6.51. The van der Waals surface area contributed by atoms with Gasteiger partial charge in [-0.2, -0.15) is 0 Å². The molecule has 0 aliphatic heterocycles. The van der Waals surface area contributed by atoms with Crippen LogP contribution in [0.1, 0.15) is 65.7 Å². The maximum absolute atomic E-state index is 3.85. The van der Waals surface area contributed by atoms with Gasteiger partial charge in [-0.1, -0.05) is 39.5 Å². The molecule has 0 bridgehead atoms. The molecule has 0 aromatic heterocycles. The van der Waals surface area contributed by atoms with E-state index in [1.165, 1.54) is 44.9 Å². The summed E-state index contributed by atoms with van der Waals surface area (Å²) in [6, 6.07) is 1.50. The van der Waals surface area contributed by atoms with Crippen molar-refractivity contribution < 1.29 is 0 Å². The van der Waals surface area contributed by atoms with Gasteiger partial charge in [0, 0.05) is 12.1 Å². The Morgan fingerprint density at radius 3 is 2.25 bits per heavy atom. The lowest BCUT2D eigenvalue weighted by Crippen LogP contribution is -2.44. The maximum atomic E-state index is 3.85. The molecule has 2 aliphatic rings. The van der Waals surface area contributed by atoms with Gasteiger partial charge in [0.15, 0.2) is 0 Å². The summed E-state index contributed by atoms with van der Waals surface area (Å²) in [7, 11) is 0. The minimum Gasteiger partial charge on any atom is -0.311 e. The van der Waals surface area contributed by atoms with Gasteiger partial charge in [-0.3, -0.25) is 0 Å². The molecule has 2 aliphatic carbocycles. The first-order chi connectivity index (χ1) is 7.66. The van der Waals surface area contributed by atoms with Gasteiger partial charge in [-0.15, -0.1) is 0 Å². The van der Waals surface area contributed by atoms with Gasteiger partial charge in [0.2, 0.25) is 0 Å². The maximum Gasteiger partial charge on any atom is 0.00724 e. The Morgan fingerprint density at radius 2 is 1.56 bits per heavy atom. The molecule has 1 nitrogen and oxygen atoms in total. The minimum absolute atomic E-state index is 0.685. The predicted molar refractivity (Wildman–Crippen MR) is 70.5 cm³/mol. The zero-order valence-corrected chi connectivity index (χ0v) is 11.3. The van der Waals surface area contributed by atoms with Crippen molar-refractivity contribution in [3.8, 4) is 0 Å². The molecule has 0 spiro atoms. The third-order valence-electron chi connectivity index (χ3n) is 5.04. The average molecular weight is 223 g/mol. The molecule has 2 saturated carbocycles. The van der Waals surface area contributed by atoms with E-state index in [0.29, 0.717) is 6.04 Å². The Balaban J connectivity index is 1.80. The molecule has 1 heteroatoms. The monoisotopic (exact) mass is 223 g/mol. The van der Waals surface area contributed by atoms with Crippen molar-refractivity contribution in [1.82, 2.24) is 5.32 Å². The smallest absolute Gasteiger partial charge is 0.00724 e. The zero-order valence-electron chi connectivity index (χ0n) is 11.3. The largest absolute Gasteiger partial charge is 0.311 e. The van der Waals surface area contributed by atoms with Crippen molar-refractivity contribution in [3.63, 3.8) is 0 Å². The molecule has 16 heavy (non-hydrogen) atoms. The Hall–Kier alpha value is -0.0400. The molecule has 0 saturated heterocycles. The summed E-state index contributed by atoms with van der Waals surface area (Å²) in [6.07, 6.45) is 10.4. The third kappa shape index (κ3) is 3.00. The molecule has 0 aromatic rings. The molecule has 0 radical (unpaired) electrons. The van der Waals surface area contributed by atoms with E-state index in [-0.39, 0.29) is 0 Å². The van der Waals surface area contributed by atoms with E-state index in [0.717, 1.165) is 23.8 Å². The van der Waals surface area contributed by atoms with E-state index in [9.17, 15) is 0 Å². The first kappa shape index (κ1) is 12.4. The summed E-state index contributed by atoms with van der Waals surface area (Å²) in [5.74, 6) is 2.91. The summed E-state index contributed by atoms with van der Waals surface area (Å²) in [5, 5.41) is 3.85. The third-order valence-corrected chi connectivity index (χ3v) is 5.04. The van der Waals surface area contributed by atoms with Gasteiger partial charge in [0.05, 0.1) is 0 Å². The lowest BCUT2D eigenvalue weighted by atomic mass is 9.69. The second kappa shape index (κ2) is 5.53. The summed E-state index contributed by atoms with van der Waals surface area (Å²) in [4.78, 5) is 0. The number of rotatable bonds is 3. The van der Waals surface area contributed by atoms with E-state index >= 15 is 0 Å². The van der Waals surface area contributed by atoms with Crippen LogP contribution in [0.4, 0.5) is 0 Å². The van der Waals surface area contributed by atoms with Crippen LogP contribution >= 0.6 is 0 Å². The fourth-order valence-electron chi connectivity index (χ4n) is 3.59. The quantitative estimate of drug-likeness (QED) is 0.763. The molecule has 4 atom stereocenters. The van der Waals surface area contributed by atoms with E-state index in [2.05, 4.69) is 26.1 Å². The minimum atomic E-state index is 0.685. The van der Waals surface area contributed by atoms with Gasteiger partial charge in [0.1, 0.15) is 0 Å². The normalized spacial score (nSPS) is 37.1. The van der Waals surface area contributed by atoms with Gasteiger partial charge in [0.25, 0.3) is 0 Å². The van der Waals surface area contributed by atoms with E-state index < -0.39 is 0 Å².